The molecule has 2 amide bonds. The van der Waals surface area contributed by atoms with Crippen LogP contribution in [0.2, 0.25) is 15.1 Å². The van der Waals surface area contributed by atoms with E-state index in [0.29, 0.717) is 23.4 Å². The van der Waals surface area contributed by atoms with E-state index in [-0.39, 0.29) is 39.1 Å². The SMILES string of the molecule is CC[C@H](C)NC(=O)[C@H](CC)N(Cc1ccccc1Cl)C(=O)CN(c1cc(Cl)ccc1Cl)S(=O)(=O)c1ccccc1. The first kappa shape index (κ1) is 31.7. The lowest BCUT2D eigenvalue weighted by Gasteiger charge is -2.34. The lowest BCUT2D eigenvalue weighted by molar-refractivity contribution is -0.140. The Labute approximate surface area is 251 Å². The van der Waals surface area contributed by atoms with Gasteiger partial charge in [0.15, 0.2) is 0 Å². The minimum absolute atomic E-state index is 0.00651. The highest BCUT2D eigenvalue weighted by molar-refractivity contribution is 7.92. The molecule has 3 aromatic rings. The molecule has 7 nitrogen and oxygen atoms in total. The van der Waals surface area contributed by atoms with Gasteiger partial charge in [0.05, 0.1) is 15.6 Å². The number of nitrogens with one attached hydrogen (secondary N) is 1. The molecular weight excluding hydrogens is 593 g/mol. The molecule has 0 unspecified atom stereocenters. The number of hydrogen-bond donors (Lipinski definition) is 1. The average molecular weight is 625 g/mol. The molecule has 1 N–H and O–H groups in total. The number of carbonyl (C=O) groups excluding carboxylic acids is 2. The Morgan fingerprint density at radius 2 is 1.52 bits per heavy atom. The molecule has 0 heterocycles. The van der Waals surface area contributed by atoms with E-state index in [0.717, 1.165) is 4.31 Å². The Hall–Kier alpha value is -2.78. The van der Waals surface area contributed by atoms with E-state index in [1.54, 1.807) is 49.4 Å². The maximum Gasteiger partial charge on any atom is 0.264 e. The topological polar surface area (TPSA) is 86.8 Å². The van der Waals surface area contributed by atoms with Gasteiger partial charge >= 0.3 is 0 Å². The summed E-state index contributed by atoms with van der Waals surface area (Å²) in [5.41, 5.74) is 0.659. The minimum Gasteiger partial charge on any atom is -0.352 e. The van der Waals surface area contributed by atoms with Gasteiger partial charge in [-0.3, -0.25) is 13.9 Å². The van der Waals surface area contributed by atoms with E-state index in [1.165, 1.54) is 35.2 Å². The predicted octanol–water partition coefficient (Wildman–Crippen LogP) is 6.56. The number of nitrogens with zero attached hydrogens (tertiary/aromatic N) is 2. The minimum atomic E-state index is -4.26. The van der Waals surface area contributed by atoms with E-state index < -0.39 is 28.5 Å². The maximum absolute atomic E-state index is 14.1. The summed E-state index contributed by atoms with van der Waals surface area (Å²) in [4.78, 5) is 28.8. The average Bonchev–Trinajstić information content (AvgIpc) is 2.94. The van der Waals surface area contributed by atoms with Crippen molar-refractivity contribution in [3.8, 4) is 0 Å². The van der Waals surface area contributed by atoms with E-state index >= 15 is 0 Å². The zero-order valence-corrected chi connectivity index (χ0v) is 25.6. The fourth-order valence-electron chi connectivity index (χ4n) is 4.08. The van der Waals surface area contributed by atoms with E-state index in [9.17, 15) is 18.0 Å². The number of halogens is 3. The van der Waals surface area contributed by atoms with Gasteiger partial charge in [-0.05, 0) is 61.7 Å². The number of sulfonamides is 1. The summed E-state index contributed by atoms with van der Waals surface area (Å²) in [6, 6.07) is 18.1. The molecule has 3 rings (SSSR count). The molecule has 11 heteroatoms. The van der Waals surface area contributed by atoms with Crippen LogP contribution in [0.5, 0.6) is 0 Å². The lowest BCUT2D eigenvalue weighted by Crippen LogP contribution is -2.53. The molecule has 0 aliphatic carbocycles. The monoisotopic (exact) mass is 623 g/mol. The number of carbonyl (C=O) groups is 2. The van der Waals surface area contributed by atoms with Crippen molar-refractivity contribution in [3.63, 3.8) is 0 Å². The Morgan fingerprint density at radius 1 is 0.875 bits per heavy atom. The fourth-order valence-corrected chi connectivity index (χ4v) is 6.16. The van der Waals surface area contributed by atoms with Crippen LogP contribution in [0.25, 0.3) is 0 Å². The molecule has 0 fully saturated rings. The molecule has 0 aromatic heterocycles. The Bertz CT molecular complexity index is 1440. The third-order valence-corrected chi connectivity index (χ3v) is 9.17. The van der Waals surface area contributed by atoms with Gasteiger partial charge in [0.25, 0.3) is 10.0 Å². The number of rotatable bonds is 12. The smallest absolute Gasteiger partial charge is 0.264 e. The molecule has 3 aromatic carbocycles. The van der Waals surface area contributed by atoms with Crippen LogP contribution in [-0.4, -0.2) is 43.8 Å². The molecule has 0 aliphatic heterocycles. The number of anilines is 1. The zero-order chi connectivity index (χ0) is 29.4. The third-order valence-electron chi connectivity index (χ3n) is 6.47. The molecule has 0 saturated heterocycles. The van der Waals surface area contributed by atoms with E-state index in [4.69, 9.17) is 34.8 Å². The largest absolute Gasteiger partial charge is 0.352 e. The normalized spacial score (nSPS) is 12.8. The first-order valence-corrected chi connectivity index (χ1v) is 15.4. The van der Waals surface area contributed by atoms with Crippen LogP contribution in [-0.2, 0) is 26.2 Å². The summed E-state index contributed by atoms with van der Waals surface area (Å²) in [6.45, 7) is 4.97. The van der Waals surface area contributed by atoms with E-state index in [1.807, 2.05) is 13.8 Å². The summed E-state index contributed by atoms with van der Waals surface area (Å²) in [7, 11) is -4.26. The second-order valence-electron chi connectivity index (χ2n) is 9.28. The van der Waals surface area contributed by atoms with Gasteiger partial charge in [-0.15, -0.1) is 0 Å². The summed E-state index contributed by atoms with van der Waals surface area (Å²) >= 11 is 19.1. The second kappa shape index (κ2) is 14.2. The molecule has 0 aliphatic rings. The summed E-state index contributed by atoms with van der Waals surface area (Å²) in [5, 5.41) is 3.69. The van der Waals surface area contributed by atoms with Gasteiger partial charge in [0, 0.05) is 22.6 Å². The first-order chi connectivity index (χ1) is 19.0. The van der Waals surface area contributed by atoms with Gasteiger partial charge in [-0.1, -0.05) is 85.0 Å². The van der Waals surface area contributed by atoms with Crippen molar-refractivity contribution in [2.75, 3.05) is 10.8 Å². The molecule has 214 valence electrons. The number of hydrogen-bond acceptors (Lipinski definition) is 4. The summed E-state index contributed by atoms with van der Waals surface area (Å²) in [5.74, 6) is -0.947. The maximum atomic E-state index is 14.1. The van der Waals surface area contributed by atoms with Crippen LogP contribution < -0.4 is 9.62 Å². The summed E-state index contributed by atoms with van der Waals surface area (Å²) < 4.78 is 28.7. The number of benzene rings is 3. The van der Waals surface area contributed by atoms with Gasteiger partial charge in [-0.2, -0.15) is 0 Å². The van der Waals surface area contributed by atoms with Gasteiger partial charge in [0.1, 0.15) is 12.6 Å². The zero-order valence-electron chi connectivity index (χ0n) is 22.5. The van der Waals surface area contributed by atoms with Crippen molar-refractivity contribution >= 4 is 62.3 Å². The number of amides is 2. The quantitative estimate of drug-likeness (QED) is 0.247. The van der Waals surface area contributed by atoms with Crippen LogP contribution >= 0.6 is 34.8 Å². The van der Waals surface area contributed by atoms with Gasteiger partial charge in [0.2, 0.25) is 11.8 Å². The fraction of sp³-hybridized carbons (Fsp3) is 0.310. The second-order valence-corrected chi connectivity index (χ2v) is 12.4. The molecular formula is C29H32Cl3N3O4S. The highest BCUT2D eigenvalue weighted by Gasteiger charge is 2.35. The molecule has 0 spiro atoms. The van der Waals surface area contributed by atoms with Crippen LogP contribution in [0, 0.1) is 0 Å². The molecule has 0 saturated carbocycles. The van der Waals surface area contributed by atoms with Gasteiger partial charge < -0.3 is 10.2 Å². The van der Waals surface area contributed by atoms with Crippen LogP contribution in [0.15, 0.2) is 77.7 Å². The van der Waals surface area contributed by atoms with Crippen LogP contribution in [0.3, 0.4) is 0 Å². The Balaban J connectivity index is 2.10. The van der Waals surface area contributed by atoms with Crippen LogP contribution in [0.1, 0.15) is 39.2 Å². The van der Waals surface area contributed by atoms with Crippen molar-refractivity contribution in [1.29, 1.82) is 0 Å². The van der Waals surface area contributed by atoms with Crippen molar-refractivity contribution in [2.45, 2.75) is 57.1 Å². The Kier molecular flexibility index (Phi) is 11.3. The van der Waals surface area contributed by atoms with Gasteiger partial charge in [-0.25, -0.2) is 8.42 Å². The standard InChI is InChI=1S/C29H32Cl3N3O4S/c1-4-20(3)33-29(37)26(5-2)34(18-21-11-9-10-14-24(21)31)28(36)19-35(27-17-22(30)15-16-25(27)32)40(38,39)23-12-7-6-8-13-23/h6-17,20,26H,4-5,18-19H2,1-3H3,(H,33,37)/t20-,26-/m0/s1. The highest BCUT2D eigenvalue weighted by atomic mass is 35.5. The summed E-state index contributed by atoms with van der Waals surface area (Å²) in [6.07, 6.45) is 0.999. The Morgan fingerprint density at radius 3 is 2.15 bits per heavy atom. The predicted molar refractivity (Wildman–Crippen MR) is 161 cm³/mol. The molecule has 40 heavy (non-hydrogen) atoms. The van der Waals surface area contributed by atoms with Crippen molar-refractivity contribution in [1.82, 2.24) is 10.2 Å². The molecule has 2 atom stereocenters. The highest BCUT2D eigenvalue weighted by Crippen LogP contribution is 2.33. The lowest BCUT2D eigenvalue weighted by atomic mass is 10.1. The van der Waals surface area contributed by atoms with Crippen molar-refractivity contribution in [3.05, 3.63) is 93.4 Å². The first-order valence-electron chi connectivity index (χ1n) is 12.9. The third kappa shape index (κ3) is 7.69. The van der Waals surface area contributed by atoms with Crippen molar-refractivity contribution in [2.24, 2.45) is 0 Å². The molecule has 0 radical (unpaired) electrons. The van der Waals surface area contributed by atoms with Crippen molar-refractivity contribution < 1.29 is 18.0 Å². The van der Waals surface area contributed by atoms with Crippen LogP contribution in [0.4, 0.5) is 5.69 Å². The molecule has 0 bridgehead atoms. The van der Waals surface area contributed by atoms with E-state index in [2.05, 4.69) is 5.32 Å².